The van der Waals surface area contributed by atoms with E-state index in [2.05, 4.69) is 15.1 Å². The van der Waals surface area contributed by atoms with Crippen LogP contribution < -0.4 is 0 Å². The molecular weight excluding hydrogens is 346 g/mol. The van der Waals surface area contributed by atoms with Crippen molar-refractivity contribution in [3.05, 3.63) is 24.2 Å². The molecule has 2 aromatic heterocycles. The third kappa shape index (κ3) is 3.21. The van der Waals surface area contributed by atoms with Gasteiger partial charge < -0.3 is 14.2 Å². The third-order valence-electron chi connectivity index (χ3n) is 4.35. The first-order valence-electron chi connectivity index (χ1n) is 8.23. The minimum absolute atomic E-state index is 0.0288. The SMILES string of the molecule is CC(C)c1noc([C@@]2(O)CCN(S(=O)(=O)c3cn(C(C)C)cn3)C2)n1. The van der Waals surface area contributed by atoms with Gasteiger partial charge in [0.2, 0.25) is 0 Å². The van der Waals surface area contributed by atoms with Crippen LogP contribution in [-0.2, 0) is 15.6 Å². The van der Waals surface area contributed by atoms with Crippen LogP contribution in [0.25, 0.3) is 0 Å². The van der Waals surface area contributed by atoms with E-state index in [1.807, 2.05) is 27.7 Å². The van der Waals surface area contributed by atoms with Gasteiger partial charge in [0.1, 0.15) is 0 Å². The van der Waals surface area contributed by atoms with E-state index in [-0.39, 0.29) is 42.4 Å². The zero-order valence-corrected chi connectivity index (χ0v) is 15.6. The molecule has 1 aliphatic heterocycles. The molecule has 0 radical (unpaired) electrons. The molecule has 0 saturated carbocycles. The zero-order valence-electron chi connectivity index (χ0n) is 14.7. The fraction of sp³-hybridized carbons (Fsp3) is 0.667. The van der Waals surface area contributed by atoms with Crippen LogP contribution in [0.1, 0.15) is 57.8 Å². The Bertz CT molecular complexity index is 857. The Kier molecular flexibility index (Phi) is 4.46. The third-order valence-corrected chi connectivity index (χ3v) is 6.08. The fourth-order valence-electron chi connectivity index (χ4n) is 2.66. The maximum Gasteiger partial charge on any atom is 0.262 e. The summed E-state index contributed by atoms with van der Waals surface area (Å²) >= 11 is 0. The van der Waals surface area contributed by atoms with E-state index in [0.717, 1.165) is 0 Å². The normalized spacial score (nSPS) is 22.4. The van der Waals surface area contributed by atoms with E-state index in [1.54, 1.807) is 4.57 Å². The Morgan fingerprint density at radius 1 is 1.32 bits per heavy atom. The molecular formula is C15H23N5O4S. The number of imidazole rings is 1. The molecule has 0 bridgehead atoms. The van der Waals surface area contributed by atoms with Crippen LogP contribution in [0, 0.1) is 0 Å². The van der Waals surface area contributed by atoms with Crippen molar-refractivity contribution in [3.8, 4) is 0 Å². The van der Waals surface area contributed by atoms with Crippen molar-refractivity contribution >= 4 is 10.0 Å². The molecule has 0 spiro atoms. The van der Waals surface area contributed by atoms with Gasteiger partial charge in [-0.3, -0.25) is 0 Å². The van der Waals surface area contributed by atoms with Gasteiger partial charge in [0.25, 0.3) is 15.9 Å². The number of aromatic nitrogens is 4. The summed E-state index contributed by atoms with van der Waals surface area (Å²) in [5, 5.41) is 14.6. The molecule has 0 amide bonds. The van der Waals surface area contributed by atoms with Gasteiger partial charge in [0.15, 0.2) is 16.5 Å². The summed E-state index contributed by atoms with van der Waals surface area (Å²) in [5.74, 6) is 0.601. The van der Waals surface area contributed by atoms with Gasteiger partial charge in [-0.2, -0.15) is 9.29 Å². The lowest BCUT2D eigenvalue weighted by Gasteiger charge is -2.18. The molecule has 25 heavy (non-hydrogen) atoms. The highest BCUT2D eigenvalue weighted by molar-refractivity contribution is 7.89. The molecule has 0 aliphatic carbocycles. The van der Waals surface area contributed by atoms with Crippen molar-refractivity contribution in [2.75, 3.05) is 13.1 Å². The second-order valence-electron chi connectivity index (χ2n) is 6.99. The van der Waals surface area contributed by atoms with Crippen molar-refractivity contribution in [1.82, 2.24) is 24.0 Å². The summed E-state index contributed by atoms with van der Waals surface area (Å²) in [6, 6.07) is 0.111. The lowest BCUT2D eigenvalue weighted by Crippen LogP contribution is -2.34. The molecule has 1 saturated heterocycles. The minimum atomic E-state index is -3.79. The first kappa shape index (κ1) is 18.0. The lowest BCUT2D eigenvalue weighted by molar-refractivity contribution is 0.0194. The fourth-order valence-corrected chi connectivity index (χ4v) is 4.08. The lowest BCUT2D eigenvalue weighted by atomic mass is 10.0. The Hall–Kier alpha value is -1.78. The maximum absolute atomic E-state index is 12.8. The average molecular weight is 369 g/mol. The summed E-state index contributed by atoms with van der Waals surface area (Å²) in [5.41, 5.74) is -1.48. The minimum Gasteiger partial charge on any atom is -0.379 e. The van der Waals surface area contributed by atoms with Gasteiger partial charge in [0.05, 0.1) is 12.9 Å². The quantitative estimate of drug-likeness (QED) is 0.843. The van der Waals surface area contributed by atoms with E-state index in [9.17, 15) is 13.5 Å². The molecule has 1 atom stereocenters. The molecule has 1 aliphatic rings. The van der Waals surface area contributed by atoms with Gasteiger partial charge in [-0.05, 0) is 13.8 Å². The number of sulfonamides is 1. The number of hydrogen-bond donors (Lipinski definition) is 1. The van der Waals surface area contributed by atoms with E-state index >= 15 is 0 Å². The largest absolute Gasteiger partial charge is 0.379 e. The van der Waals surface area contributed by atoms with Crippen LogP contribution in [0.2, 0.25) is 0 Å². The van der Waals surface area contributed by atoms with E-state index in [0.29, 0.717) is 5.82 Å². The smallest absolute Gasteiger partial charge is 0.262 e. The highest BCUT2D eigenvalue weighted by Crippen LogP contribution is 2.34. The van der Waals surface area contributed by atoms with Crippen LogP contribution in [0.5, 0.6) is 0 Å². The van der Waals surface area contributed by atoms with E-state index < -0.39 is 15.6 Å². The summed E-state index contributed by atoms with van der Waals surface area (Å²) in [4.78, 5) is 8.21. The van der Waals surface area contributed by atoms with Crippen molar-refractivity contribution in [2.45, 2.75) is 56.7 Å². The first-order valence-corrected chi connectivity index (χ1v) is 9.67. The number of nitrogens with zero attached hydrogens (tertiary/aromatic N) is 5. The van der Waals surface area contributed by atoms with Gasteiger partial charge in [-0.1, -0.05) is 19.0 Å². The van der Waals surface area contributed by atoms with Crippen LogP contribution in [0.3, 0.4) is 0 Å². The second-order valence-corrected chi connectivity index (χ2v) is 8.87. The van der Waals surface area contributed by atoms with E-state index in [4.69, 9.17) is 4.52 Å². The maximum atomic E-state index is 12.8. The van der Waals surface area contributed by atoms with Gasteiger partial charge in [-0.15, -0.1) is 0 Å². The van der Waals surface area contributed by atoms with Crippen LogP contribution in [0.15, 0.2) is 22.1 Å². The summed E-state index contributed by atoms with van der Waals surface area (Å²) < 4.78 is 33.6. The number of aliphatic hydroxyl groups is 1. The average Bonchev–Trinajstić information content (AvgIpc) is 3.26. The number of β-amino-alcohol motifs (C(OH)–C–C–N with tert-alkyl or cyclic N) is 1. The molecule has 1 N–H and O–H groups in total. The molecule has 3 heterocycles. The van der Waals surface area contributed by atoms with Crippen molar-refractivity contribution in [2.24, 2.45) is 0 Å². The van der Waals surface area contributed by atoms with Crippen LogP contribution in [-0.4, -0.2) is 50.6 Å². The summed E-state index contributed by atoms with van der Waals surface area (Å²) in [6.45, 7) is 7.73. The van der Waals surface area contributed by atoms with Crippen molar-refractivity contribution in [1.29, 1.82) is 0 Å². The zero-order chi connectivity index (χ0) is 18.4. The summed E-state index contributed by atoms with van der Waals surface area (Å²) in [6.07, 6.45) is 3.19. The molecule has 138 valence electrons. The molecule has 0 aromatic carbocycles. The van der Waals surface area contributed by atoms with E-state index in [1.165, 1.54) is 16.8 Å². The van der Waals surface area contributed by atoms with Gasteiger partial charge in [0, 0.05) is 31.1 Å². The predicted molar refractivity (Wildman–Crippen MR) is 88.3 cm³/mol. The van der Waals surface area contributed by atoms with Crippen molar-refractivity contribution < 1.29 is 18.0 Å². The molecule has 9 nitrogen and oxygen atoms in total. The standard InChI is InChI=1S/C15H23N5O4S/c1-10(2)13-17-14(24-18-13)15(21)5-6-20(8-15)25(22,23)12-7-19(9-16-12)11(3)4/h7,9-11,21H,5-6,8H2,1-4H3/t15-/m1/s1. The Labute approximate surface area is 146 Å². The van der Waals surface area contributed by atoms with Crippen molar-refractivity contribution in [3.63, 3.8) is 0 Å². The highest BCUT2D eigenvalue weighted by Gasteiger charge is 2.47. The molecule has 0 unspecified atom stereocenters. The highest BCUT2D eigenvalue weighted by atomic mass is 32.2. The molecule has 3 rings (SSSR count). The number of hydrogen-bond acceptors (Lipinski definition) is 7. The van der Waals surface area contributed by atoms with Gasteiger partial charge in [-0.25, -0.2) is 13.4 Å². The second kappa shape index (κ2) is 6.19. The van der Waals surface area contributed by atoms with Gasteiger partial charge >= 0.3 is 0 Å². The van der Waals surface area contributed by atoms with Crippen LogP contribution >= 0.6 is 0 Å². The molecule has 1 fully saturated rings. The molecule has 2 aromatic rings. The monoisotopic (exact) mass is 369 g/mol. The Balaban J connectivity index is 1.82. The van der Waals surface area contributed by atoms with Crippen LogP contribution in [0.4, 0.5) is 0 Å². The molecule has 10 heteroatoms. The Morgan fingerprint density at radius 3 is 2.60 bits per heavy atom. The summed E-state index contributed by atoms with van der Waals surface area (Å²) in [7, 11) is -3.79. The number of rotatable bonds is 5. The Morgan fingerprint density at radius 2 is 2.04 bits per heavy atom. The predicted octanol–water partition coefficient (Wildman–Crippen LogP) is 1.25. The topological polar surface area (TPSA) is 114 Å². The first-order chi connectivity index (χ1) is 11.6.